The van der Waals surface area contributed by atoms with Crippen LogP contribution in [0.5, 0.6) is 0 Å². The molecule has 0 aliphatic carbocycles. The number of unbranched alkanes of at least 4 members (excludes halogenated alkanes) is 26. The second kappa shape index (κ2) is 43.1. The highest BCUT2D eigenvalue weighted by atomic mass is 31.2. The fourth-order valence-corrected chi connectivity index (χ4v) is 8.00. The Morgan fingerprint density at radius 2 is 1.00 bits per heavy atom. The van der Waals surface area contributed by atoms with Crippen molar-refractivity contribution < 1.29 is 37.3 Å². The molecule has 0 aliphatic heterocycles. The number of quaternary nitrogens is 1. The van der Waals surface area contributed by atoms with Gasteiger partial charge in [-0.15, -0.1) is 0 Å². The molecule has 10 heteroatoms. The van der Waals surface area contributed by atoms with Crippen molar-refractivity contribution in [3.8, 4) is 0 Å². The number of hydrogen-bond acceptors (Lipinski definition) is 7. The fourth-order valence-electron chi connectivity index (χ4n) is 7.28. The molecule has 1 amide bonds. The minimum atomic E-state index is -4.69. The number of phosphoric acid groups is 1. The van der Waals surface area contributed by atoms with Gasteiger partial charge in [-0.2, -0.15) is 0 Å². The van der Waals surface area contributed by atoms with Crippen LogP contribution in [0.25, 0.3) is 0 Å². The molecular weight excluding hydrogens is 796 g/mol. The molecule has 0 bridgehead atoms. The van der Waals surface area contributed by atoms with Crippen molar-refractivity contribution in [2.24, 2.45) is 0 Å². The summed E-state index contributed by atoms with van der Waals surface area (Å²) in [6.07, 6.45) is 48.4. The fraction of sp³-hybridized carbons (Fsp3) is 0.846. The second-order valence-corrected chi connectivity index (χ2v) is 20.1. The minimum absolute atomic E-state index is 0.0298. The van der Waals surface area contributed by atoms with E-state index in [1.54, 1.807) is 0 Å². The zero-order valence-corrected chi connectivity index (χ0v) is 42.2. The van der Waals surface area contributed by atoms with E-state index in [2.05, 4.69) is 44.3 Å². The number of hydrogen-bond donors (Lipinski definition) is 1. The average Bonchev–Trinajstić information content (AvgIpc) is 3.22. The number of carbonyl (C=O) groups excluding carboxylic acids is 2. The van der Waals surface area contributed by atoms with Gasteiger partial charge in [-0.05, 0) is 51.0 Å². The molecule has 0 fully saturated rings. The normalized spacial score (nSPS) is 14.2. The monoisotopic (exact) mass is 895 g/mol. The topological polar surface area (TPSA) is 114 Å². The summed E-state index contributed by atoms with van der Waals surface area (Å²) in [6.45, 7) is 6.77. The number of carbonyl (C=O) groups is 2. The molecule has 0 rings (SSSR count). The maximum atomic E-state index is 13.4. The summed E-state index contributed by atoms with van der Waals surface area (Å²) in [5, 5.41) is 2.97. The number of nitrogens with one attached hydrogen (secondary N) is 1. The zero-order chi connectivity index (χ0) is 45.8. The van der Waals surface area contributed by atoms with E-state index in [1.165, 1.54) is 141 Å². The first-order valence-corrected chi connectivity index (χ1v) is 27.3. The predicted molar refractivity (Wildman–Crippen MR) is 261 cm³/mol. The zero-order valence-electron chi connectivity index (χ0n) is 41.3. The van der Waals surface area contributed by atoms with Crippen molar-refractivity contribution in [1.82, 2.24) is 5.32 Å². The minimum Gasteiger partial charge on any atom is -0.756 e. The number of esters is 1. The standard InChI is InChI=1S/C52H99N2O7P/c1-7-10-13-16-19-22-25-27-30-32-35-38-41-44-51(55)53-49(48-60-62(57,58)59-47-46-54(4,5)6)50(43-40-37-34-31-29-26-23-20-17-14-11-8-2)61-52(56)45-42-39-36-33-28-24-21-18-15-12-9-3/h27,30,35,38,40,43,49-50H,7-26,28-29,31-34,36-37,39,41-42,44-48H2,1-6H3,(H-,53,55,57,58)/b30-27-,38-35+,43-40+. The molecule has 0 saturated carbocycles. The number of amides is 1. The summed E-state index contributed by atoms with van der Waals surface area (Å²) in [5.41, 5.74) is 0. The van der Waals surface area contributed by atoms with E-state index in [9.17, 15) is 19.0 Å². The van der Waals surface area contributed by atoms with Gasteiger partial charge in [0.1, 0.15) is 19.3 Å². The van der Waals surface area contributed by atoms with Gasteiger partial charge in [0.15, 0.2) is 0 Å². The lowest BCUT2D eigenvalue weighted by atomic mass is 10.0. The summed E-state index contributed by atoms with van der Waals surface area (Å²) >= 11 is 0. The quantitative estimate of drug-likeness (QED) is 0.0213. The SMILES string of the molecule is CCCCCCCC/C=C\C/C=C/CCC(=O)NC(COP(=O)([O-])OCC[N+](C)(C)C)C(/C=C/CCCCCCCCCCCC)OC(=O)CCCCCCCCCCCCC. The van der Waals surface area contributed by atoms with Crippen LogP contribution in [0.4, 0.5) is 0 Å². The average molecular weight is 895 g/mol. The summed E-state index contributed by atoms with van der Waals surface area (Å²) in [4.78, 5) is 39.5. The predicted octanol–water partition coefficient (Wildman–Crippen LogP) is 14.2. The molecule has 1 N–H and O–H groups in total. The van der Waals surface area contributed by atoms with E-state index in [4.69, 9.17) is 13.8 Å². The molecule has 0 aliphatic rings. The van der Waals surface area contributed by atoms with E-state index in [1.807, 2.05) is 39.4 Å². The Bertz CT molecular complexity index is 1170. The molecule has 0 saturated heterocycles. The maximum Gasteiger partial charge on any atom is 0.306 e. The lowest BCUT2D eigenvalue weighted by Crippen LogP contribution is -2.47. The van der Waals surface area contributed by atoms with Crippen LogP contribution in [0.3, 0.4) is 0 Å². The van der Waals surface area contributed by atoms with Gasteiger partial charge in [0.05, 0.1) is 33.8 Å². The third-order valence-corrected chi connectivity index (χ3v) is 12.3. The van der Waals surface area contributed by atoms with Crippen LogP contribution < -0.4 is 10.2 Å². The molecule has 3 atom stereocenters. The van der Waals surface area contributed by atoms with Crippen molar-refractivity contribution in [2.75, 3.05) is 40.9 Å². The van der Waals surface area contributed by atoms with E-state index in [0.717, 1.165) is 51.4 Å². The molecule has 9 nitrogen and oxygen atoms in total. The van der Waals surface area contributed by atoms with Gasteiger partial charge < -0.3 is 28.5 Å². The van der Waals surface area contributed by atoms with Gasteiger partial charge in [0.25, 0.3) is 7.82 Å². The van der Waals surface area contributed by atoms with E-state index < -0.39 is 26.6 Å². The number of rotatable bonds is 46. The van der Waals surface area contributed by atoms with Crippen LogP contribution in [-0.2, 0) is 27.9 Å². The molecule has 3 unspecified atom stereocenters. The van der Waals surface area contributed by atoms with Crippen LogP contribution in [0, 0.1) is 0 Å². The van der Waals surface area contributed by atoms with Crippen LogP contribution in [0.15, 0.2) is 36.5 Å². The van der Waals surface area contributed by atoms with Crippen molar-refractivity contribution in [3.63, 3.8) is 0 Å². The summed E-state index contributed by atoms with van der Waals surface area (Å²) in [5.74, 6) is -0.617. The molecule has 0 aromatic carbocycles. The Labute approximate surface area is 383 Å². The summed E-state index contributed by atoms with van der Waals surface area (Å²) in [7, 11) is 1.16. The molecule has 0 aromatic rings. The Balaban J connectivity index is 5.52. The van der Waals surface area contributed by atoms with E-state index >= 15 is 0 Å². The molecule has 0 aromatic heterocycles. The molecule has 62 heavy (non-hydrogen) atoms. The highest BCUT2D eigenvalue weighted by molar-refractivity contribution is 7.45. The van der Waals surface area contributed by atoms with Gasteiger partial charge in [0, 0.05) is 12.8 Å². The first-order valence-electron chi connectivity index (χ1n) is 25.8. The van der Waals surface area contributed by atoms with E-state index in [0.29, 0.717) is 17.4 Å². The third kappa shape index (κ3) is 43.5. The van der Waals surface area contributed by atoms with E-state index in [-0.39, 0.29) is 31.3 Å². The number of allylic oxidation sites excluding steroid dienone is 5. The van der Waals surface area contributed by atoms with Gasteiger partial charge >= 0.3 is 5.97 Å². The van der Waals surface area contributed by atoms with Gasteiger partial charge in [0.2, 0.25) is 5.91 Å². The maximum absolute atomic E-state index is 13.4. The Morgan fingerprint density at radius 3 is 1.48 bits per heavy atom. The first-order chi connectivity index (χ1) is 29.9. The van der Waals surface area contributed by atoms with Crippen LogP contribution in [0.2, 0.25) is 0 Å². The number of nitrogens with zero attached hydrogens (tertiary/aromatic N) is 1. The molecular formula is C52H99N2O7P. The molecule has 364 valence electrons. The highest BCUT2D eigenvalue weighted by Crippen LogP contribution is 2.38. The Morgan fingerprint density at radius 1 is 0.565 bits per heavy atom. The van der Waals surface area contributed by atoms with Gasteiger partial charge in [-0.1, -0.05) is 205 Å². The third-order valence-electron chi connectivity index (χ3n) is 11.3. The summed E-state index contributed by atoms with van der Waals surface area (Å²) < 4.78 is 30.0. The lowest BCUT2D eigenvalue weighted by molar-refractivity contribution is -0.870. The lowest BCUT2D eigenvalue weighted by Gasteiger charge is -2.30. The number of likely N-dealkylation sites (N-methyl/N-ethyl adjacent to an activating group) is 1. The van der Waals surface area contributed by atoms with Crippen molar-refractivity contribution in [2.45, 2.75) is 245 Å². The van der Waals surface area contributed by atoms with Crippen LogP contribution in [0.1, 0.15) is 233 Å². The van der Waals surface area contributed by atoms with Crippen molar-refractivity contribution >= 4 is 19.7 Å². The molecule has 0 spiro atoms. The van der Waals surface area contributed by atoms with Gasteiger partial charge in [-0.25, -0.2) is 0 Å². The molecule has 0 radical (unpaired) electrons. The highest BCUT2D eigenvalue weighted by Gasteiger charge is 2.27. The molecule has 0 heterocycles. The van der Waals surface area contributed by atoms with Crippen LogP contribution >= 0.6 is 7.82 Å². The largest absolute Gasteiger partial charge is 0.756 e. The Hall–Kier alpha value is -1.77. The van der Waals surface area contributed by atoms with Crippen molar-refractivity contribution in [1.29, 1.82) is 0 Å². The van der Waals surface area contributed by atoms with Crippen molar-refractivity contribution in [3.05, 3.63) is 36.5 Å². The smallest absolute Gasteiger partial charge is 0.306 e. The number of ether oxygens (including phenoxy) is 1. The Kier molecular flexibility index (Phi) is 41.9. The van der Waals surface area contributed by atoms with Gasteiger partial charge in [-0.3, -0.25) is 14.2 Å². The first kappa shape index (κ1) is 60.2. The second-order valence-electron chi connectivity index (χ2n) is 18.7. The van der Waals surface area contributed by atoms with Crippen LogP contribution in [-0.4, -0.2) is 69.4 Å². The summed E-state index contributed by atoms with van der Waals surface area (Å²) in [6, 6.07) is -0.911. The number of phosphoric ester groups is 1.